The Labute approximate surface area is 125 Å². The molecule has 1 saturated heterocycles. The summed E-state index contributed by atoms with van der Waals surface area (Å²) in [5.41, 5.74) is 2.35. The molecule has 7 nitrogen and oxygen atoms in total. The van der Waals surface area contributed by atoms with E-state index in [0.717, 1.165) is 0 Å². The maximum absolute atomic E-state index is 11.5. The van der Waals surface area contributed by atoms with Gasteiger partial charge in [-0.05, 0) is 12.8 Å². The highest BCUT2D eigenvalue weighted by molar-refractivity contribution is 7.91. The Hall–Kier alpha value is -1.41. The van der Waals surface area contributed by atoms with Gasteiger partial charge >= 0.3 is 0 Å². The molecular formula is C13H23N5O2S. The van der Waals surface area contributed by atoms with Gasteiger partial charge in [-0.2, -0.15) is 0 Å². The van der Waals surface area contributed by atoms with Crippen LogP contribution >= 0.6 is 0 Å². The van der Waals surface area contributed by atoms with Crippen LogP contribution in [-0.2, 0) is 15.3 Å². The fraction of sp³-hybridized carbons (Fsp3) is 0.692. The number of anilines is 2. The van der Waals surface area contributed by atoms with Crippen LogP contribution in [0, 0.1) is 0 Å². The van der Waals surface area contributed by atoms with E-state index in [9.17, 15) is 8.42 Å². The molecule has 0 aromatic carbocycles. The van der Waals surface area contributed by atoms with Gasteiger partial charge in [0.25, 0.3) is 0 Å². The van der Waals surface area contributed by atoms with E-state index < -0.39 is 9.84 Å². The molecule has 2 rings (SSSR count). The lowest BCUT2D eigenvalue weighted by molar-refractivity contribution is 0.543. The number of nitrogen functional groups attached to an aromatic ring is 1. The van der Waals surface area contributed by atoms with E-state index in [2.05, 4.69) is 20.7 Å². The normalized spacial score (nSPS) is 19.2. The fourth-order valence-corrected chi connectivity index (χ4v) is 3.67. The number of hydrogen-bond donors (Lipinski definition) is 3. The third-order valence-electron chi connectivity index (χ3n) is 3.45. The molecule has 1 aliphatic heterocycles. The van der Waals surface area contributed by atoms with Crippen molar-refractivity contribution >= 4 is 21.5 Å². The molecular weight excluding hydrogens is 290 g/mol. The van der Waals surface area contributed by atoms with Crippen LogP contribution in [0.5, 0.6) is 0 Å². The van der Waals surface area contributed by atoms with E-state index in [1.54, 1.807) is 6.07 Å². The van der Waals surface area contributed by atoms with Crippen molar-refractivity contribution in [1.82, 2.24) is 9.97 Å². The van der Waals surface area contributed by atoms with Crippen molar-refractivity contribution in [2.45, 2.75) is 45.1 Å². The van der Waals surface area contributed by atoms with Gasteiger partial charge in [-0.3, -0.25) is 0 Å². The number of rotatable bonds is 3. The number of sulfone groups is 1. The Morgan fingerprint density at radius 1 is 1.19 bits per heavy atom. The minimum atomic E-state index is -2.86. The molecule has 0 amide bonds. The first-order chi connectivity index (χ1) is 9.69. The van der Waals surface area contributed by atoms with Crippen molar-refractivity contribution in [2.24, 2.45) is 5.84 Å². The third-order valence-corrected chi connectivity index (χ3v) is 5.17. The van der Waals surface area contributed by atoms with Crippen LogP contribution in [0.4, 0.5) is 11.6 Å². The highest BCUT2D eigenvalue weighted by Gasteiger charge is 2.25. The van der Waals surface area contributed by atoms with Crippen LogP contribution in [0.25, 0.3) is 0 Å². The number of nitrogens with two attached hydrogens (primary N) is 1. The maximum atomic E-state index is 11.5. The minimum absolute atomic E-state index is 0.113. The van der Waals surface area contributed by atoms with Crippen LogP contribution in [0.1, 0.15) is 39.4 Å². The van der Waals surface area contributed by atoms with Crippen LogP contribution in [-0.4, -0.2) is 35.9 Å². The van der Waals surface area contributed by atoms with Crippen LogP contribution in [0.2, 0.25) is 0 Å². The molecule has 21 heavy (non-hydrogen) atoms. The largest absolute Gasteiger partial charge is 0.367 e. The summed E-state index contributed by atoms with van der Waals surface area (Å²) in [6, 6.07) is 1.85. The zero-order chi connectivity index (χ0) is 15.7. The van der Waals surface area contributed by atoms with Gasteiger partial charge in [0.05, 0.1) is 11.5 Å². The van der Waals surface area contributed by atoms with Crippen molar-refractivity contribution < 1.29 is 8.42 Å². The number of nitrogens with zero attached hydrogens (tertiary/aromatic N) is 2. The molecule has 0 atom stereocenters. The summed E-state index contributed by atoms with van der Waals surface area (Å²) in [6.07, 6.45) is 1.20. The van der Waals surface area contributed by atoms with Gasteiger partial charge < -0.3 is 10.7 Å². The molecule has 1 aromatic heterocycles. The minimum Gasteiger partial charge on any atom is -0.367 e. The number of aromatic nitrogens is 2. The average molecular weight is 313 g/mol. The lowest BCUT2D eigenvalue weighted by atomic mass is 9.96. The summed E-state index contributed by atoms with van der Waals surface area (Å²) in [7, 11) is -2.86. The van der Waals surface area contributed by atoms with Gasteiger partial charge in [0.2, 0.25) is 0 Å². The highest BCUT2D eigenvalue weighted by atomic mass is 32.2. The summed E-state index contributed by atoms with van der Waals surface area (Å²) in [5.74, 6) is 7.80. The zero-order valence-electron chi connectivity index (χ0n) is 12.7. The van der Waals surface area contributed by atoms with E-state index in [-0.39, 0.29) is 23.0 Å². The summed E-state index contributed by atoms with van der Waals surface area (Å²) in [4.78, 5) is 8.87. The first-order valence-corrected chi connectivity index (χ1v) is 8.85. The average Bonchev–Trinajstić information content (AvgIpc) is 2.40. The summed E-state index contributed by atoms with van der Waals surface area (Å²) < 4.78 is 22.9. The first-order valence-electron chi connectivity index (χ1n) is 7.03. The van der Waals surface area contributed by atoms with Crippen molar-refractivity contribution in [3.63, 3.8) is 0 Å². The van der Waals surface area contributed by atoms with E-state index in [1.807, 2.05) is 20.8 Å². The molecule has 0 unspecified atom stereocenters. The molecule has 0 aliphatic carbocycles. The number of hydrazine groups is 1. The van der Waals surface area contributed by atoms with Crippen molar-refractivity contribution in [1.29, 1.82) is 0 Å². The molecule has 1 aliphatic rings. The summed E-state index contributed by atoms with van der Waals surface area (Å²) in [6.45, 7) is 6.08. The molecule has 118 valence electrons. The van der Waals surface area contributed by atoms with E-state index in [1.165, 1.54) is 0 Å². The molecule has 2 heterocycles. The van der Waals surface area contributed by atoms with Crippen molar-refractivity contribution in [2.75, 3.05) is 22.2 Å². The first kappa shape index (κ1) is 16.0. The number of hydrogen-bond acceptors (Lipinski definition) is 7. The van der Waals surface area contributed by atoms with Gasteiger partial charge in [0.1, 0.15) is 27.3 Å². The molecule has 1 fully saturated rings. The van der Waals surface area contributed by atoms with Gasteiger partial charge in [0.15, 0.2) is 0 Å². The van der Waals surface area contributed by atoms with E-state index in [0.29, 0.717) is 30.3 Å². The molecule has 1 aromatic rings. The Morgan fingerprint density at radius 2 is 1.76 bits per heavy atom. The lowest BCUT2D eigenvalue weighted by Crippen LogP contribution is -2.32. The lowest BCUT2D eigenvalue weighted by Gasteiger charge is -2.25. The smallest absolute Gasteiger partial charge is 0.150 e. The fourth-order valence-electron chi connectivity index (χ4n) is 2.17. The van der Waals surface area contributed by atoms with Crippen LogP contribution < -0.4 is 16.6 Å². The highest BCUT2D eigenvalue weighted by Crippen LogP contribution is 2.23. The Morgan fingerprint density at radius 3 is 2.29 bits per heavy atom. The van der Waals surface area contributed by atoms with Crippen LogP contribution in [0.15, 0.2) is 6.07 Å². The molecule has 8 heteroatoms. The molecule has 0 saturated carbocycles. The molecule has 0 radical (unpaired) electrons. The zero-order valence-corrected chi connectivity index (χ0v) is 13.5. The summed E-state index contributed by atoms with van der Waals surface area (Å²) >= 11 is 0. The Bertz CT molecular complexity index is 595. The second kappa shape index (κ2) is 5.76. The number of nitrogens with one attached hydrogen (secondary N) is 2. The SMILES string of the molecule is CC(C)(C)c1nc(NN)cc(NC2CCS(=O)(=O)CC2)n1. The van der Waals surface area contributed by atoms with Crippen molar-refractivity contribution in [3.8, 4) is 0 Å². The van der Waals surface area contributed by atoms with E-state index in [4.69, 9.17) is 5.84 Å². The topological polar surface area (TPSA) is 110 Å². The standard InChI is InChI=1S/C13H23N5O2S/c1-13(2,3)12-16-10(8-11(17-12)18-14)15-9-4-6-21(19,20)7-5-9/h8-9H,4-7,14H2,1-3H3,(H2,15,16,17,18). The second-order valence-corrected chi connectivity index (χ2v) is 8.73. The quantitative estimate of drug-likeness (QED) is 0.565. The summed E-state index contributed by atoms with van der Waals surface area (Å²) in [5, 5.41) is 3.29. The van der Waals surface area contributed by atoms with Gasteiger partial charge in [-0.25, -0.2) is 24.2 Å². The Kier molecular flexibility index (Phi) is 4.38. The second-order valence-electron chi connectivity index (χ2n) is 6.43. The van der Waals surface area contributed by atoms with Crippen LogP contribution in [0.3, 0.4) is 0 Å². The van der Waals surface area contributed by atoms with Gasteiger partial charge in [0, 0.05) is 17.5 Å². The predicted octanol–water partition coefficient (Wildman–Crippen LogP) is 1.05. The van der Waals surface area contributed by atoms with Gasteiger partial charge in [-0.15, -0.1) is 0 Å². The molecule has 0 spiro atoms. The predicted molar refractivity (Wildman–Crippen MR) is 83.8 cm³/mol. The maximum Gasteiger partial charge on any atom is 0.150 e. The van der Waals surface area contributed by atoms with E-state index >= 15 is 0 Å². The third kappa shape index (κ3) is 4.28. The molecule has 0 bridgehead atoms. The Balaban J connectivity index is 2.16. The van der Waals surface area contributed by atoms with Gasteiger partial charge in [-0.1, -0.05) is 20.8 Å². The monoisotopic (exact) mass is 313 g/mol. The van der Waals surface area contributed by atoms with Crippen molar-refractivity contribution in [3.05, 3.63) is 11.9 Å². The molecule has 4 N–H and O–H groups in total.